The number of nitrogens with zero attached hydrogens (tertiary/aromatic N) is 1. The van der Waals surface area contributed by atoms with Gasteiger partial charge in [0.05, 0.1) is 6.04 Å². The zero-order valence-corrected chi connectivity index (χ0v) is 18.2. The number of carbonyl (C=O) groups excluding carboxylic acids is 1. The van der Waals surface area contributed by atoms with Gasteiger partial charge in [-0.1, -0.05) is 44.2 Å². The first kappa shape index (κ1) is 21.2. The summed E-state index contributed by atoms with van der Waals surface area (Å²) in [4.78, 5) is 15.2. The van der Waals surface area contributed by atoms with E-state index in [9.17, 15) is 4.79 Å². The minimum absolute atomic E-state index is 0.0625. The average Bonchev–Trinajstić information content (AvgIpc) is 2.73. The molecule has 1 fully saturated rings. The van der Waals surface area contributed by atoms with E-state index in [1.807, 2.05) is 45.0 Å². The second-order valence-electron chi connectivity index (χ2n) is 8.27. The lowest BCUT2D eigenvalue weighted by atomic mass is 9.98. The van der Waals surface area contributed by atoms with Gasteiger partial charge in [-0.15, -0.1) is 0 Å². The Morgan fingerprint density at radius 3 is 2.41 bits per heavy atom. The minimum atomic E-state index is -0.492. The predicted molar refractivity (Wildman–Crippen MR) is 119 cm³/mol. The Bertz CT molecular complexity index is 795. The molecule has 0 bridgehead atoms. The molecule has 3 rings (SSSR count). The molecule has 1 amide bonds. The summed E-state index contributed by atoms with van der Waals surface area (Å²) in [6, 6.07) is 16.3. The molecule has 0 unspecified atom stereocenters. The van der Waals surface area contributed by atoms with Gasteiger partial charge in [0.15, 0.2) is 6.10 Å². The zero-order chi connectivity index (χ0) is 20.8. The first-order chi connectivity index (χ1) is 14.0. The number of para-hydroxylation sites is 1. The second-order valence-corrected chi connectivity index (χ2v) is 8.27. The summed E-state index contributed by atoms with van der Waals surface area (Å²) in [5.41, 5.74) is 3.42. The fraction of sp³-hybridized carbons (Fsp3) is 0.480. The monoisotopic (exact) mass is 394 g/mol. The van der Waals surface area contributed by atoms with Crippen LogP contribution in [0.3, 0.4) is 0 Å². The van der Waals surface area contributed by atoms with Crippen molar-refractivity contribution in [3.05, 3.63) is 59.7 Å². The van der Waals surface area contributed by atoms with Gasteiger partial charge >= 0.3 is 0 Å². The molecule has 156 valence electrons. The number of piperidine rings is 1. The molecule has 0 aliphatic carbocycles. The van der Waals surface area contributed by atoms with Crippen LogP contribution in [0.15, 0.2) is 48.5 Å². The third kappa shape index (κ3) is 5.53. The van der Waals surface area contributed by atoms with E-state index in [0.29, 0.717) is 6.42 Å². The van der Waals surface area contributed by atoms with Gasteiger partial charge in [0, 0.05) is 18.8 Å². The fourth-order valence-corrected chi connectivity index (χ4v) is 3.79. The van der Waals surface area contributed by atoms with Gasteiger partial charge in [-0.3, -0.25) is 4.79 Å². The van der Waals surface area contributed by atoms with Gasteiger partial charge in [-0.2, -0.15) is 0 Å². The van der Waals surface area contributed by atoms with E-state index in [1.165, 1.54) is 18.5 Å². The van der Waals surface area contributed by atoms with E-state index >= 15 is 0 Å². The average molecular weight is 395 g/mol. The number of hydrogen-bond donors (Lipinski definition) is 1. The first-order valence-electron chi connectivity index (χ1n) is 10.9. The second kappa shape index (κ2) is 9.82. The van der Waals surface area contributed by atoms with E-state index in [2.05, 4.69) is 41.4 Å². The molecule has 0 spiro atoms. The number of anilines is 1. The molecule has 0 saturated carbocycles. The van der Waals surface area contributed by atoms with Gasteiger partial charge in [0.1, 0.15) is 5.75 Å². The summed E-state index contributed by atoms with van der Waals surface area (Å²) in [6.45, 7) is 10.6. The van der Waals surface area contributed by atoms with Crippen molar-refractivity contribution in [2.75, 3.05) is 18.0 Å². The van der Waals surface area contributed by atoms with Gasteiger partial charge < -0.3 is 15.0 Å². The number of ether oxygens (including phenoxy) is 1. The summed E-state index contributed by atoms with van der Waals surface area (Å²) in [7, 11) is 0. The highest BCUT2D eigenvalue weighted by Crippen LogP contribution is 2.25. The summed E-state index contributed by atoms with van der Waals surface area (Å²) in [5.74, 6) is 1.52. The minimum Gasteiger partial charge on any atom is -0.480 e. The van der Waals surface area contributed by atoms with Crippen molar-refractivity contribution in [3.63, 3.8) is 0 Å². The SMILES string of the molecule is CC[C@@H](Oc1ccccc1C)C(=O)N[C@@H](C)c1ccc(N2CCC(C)CC2)cc1. The van der Waals surface area contributed by atoms with Crippen molar-refractivity contribution >= 4 is 11.6 Å². The van der Waals surface area contributed by atoms with E-state index in [0.717, 1.165) is 35.9 Å². The van der Waals surface area contributed by atoms with Crippen LogP contribution in [0.4, 0.5) is 5.69 Å². The van der Waals surface area contributed by atoms with Crippen LogP contribution in [-0.2, 0) is 4.79 Å². The third-order valence-corrected chi connectivity index (χ3v) is 5.93. The topological polar surface area (TPSA) is 41.6 Å². The molecular formula is C25H34N2O2. The molecule has 4 nitrogen and oxygen atoms in total. The lowest BCUT2D eigenvalue weighted by Gasteiger charge is -2.32. The van der Waals surface area contributed by atoms with Crippen LogP contribution in [0.25, 0.3) is 0 Å². The van der Waals surface area contributed by atoms with Crippen molar-refractivity contribution in [1.29, 1.82) is 0 Å². The van der Waals surface area contributed by atoms with Crippen molar-refractivity contribution < 1.29 is 9.53 Å². The summed E-state index contributed by atoms with van der Waals surface area (Å²) >= 11 is 0. The van der Waals surface area contributed by atoms with Crippen LogP contribution in [0, 0.1) is 12.8 Å². The Morgan fingerprint density at radius 2 is 1.79 bits per heavy atom. The molecule has 1 aliphatic rings. The molecule has 0 radical (unpaired) electrons. The Balaban J connectivity index is 1.59. The lowest BCUT2D eigenvalue weighted by molar-refractivity contribution is -0.128. The number of nitrogens with one attached hydrogen (secondary N) is 1. The third-order valence-electron chi connectivity index (χ3n) is 5.93. The Kier molecular flexibility index (Phi) is 7.18. The van der Waals surface area contributed by atoms with E-state index in [1.54, 1.807) is 0 Å². The highest BCUT2D eigenvalue weighted by Gasteiger charge is 2.22. The van der Waals surface area contributed by atoms with Crippen molar-refractivity contribution in [3.8, 4) is 5.75 Å². The van der Waals surface area contributed by atoms with Crippen LogP contribution in [0.5, 0.6) is 5.75 Å². The van der Waals surface area contributed by atoms with Gasteiger partial charge in [0.2, 0.25) is 0 Å². The van der Waals surface area contributed by atoms with Crippen LogP contribution in [0.2, 0.25) is 0 Å². The smallest absolute Gasteiger partial charge is 0.261 e. The molecule has 2 aromatic rings. The van der Waals surface area contributed by atoms with Gasteiger partial charge in [-0.05, 0) is 68.4 Å². The molecular weight excluding hydrogens is 360 g/mol. The Labute approximate surface area is 175 Å². The quantitative estimate of drug-likeness (QED) is 0.696. The lowest BCUT2D eigenvalue weighted by Crippen LogP contribution is -2.39. The molecule has 0 aromatic heterocycles. The van der Waals surface area contributed by atoms with E-state index in [4.69, 9.17) is 4.74 Å². The zero-order valence-electron chi connectivity index (χ0n) is 18.2. The maximum Gasteiger partial charge on any atom is 0.261 e. The summed E-state index contributed by atoms with van der Waals surface area (Å²) < 4.78 is 5.98. The summed E-state index contributed by atoms with van der Waals surface area (Å²) in [5, 5.41) is 3.11. The molecule has 1 heterocycles. The maximum atomic E-state index is 12.8. The number of aryl methyl sites for hydroxylation is 1. The number of benzene rings is 2. The Hall–Kier alpha value is -2.49. The van der Waals surface area contributed by atoms with Crippen molar-refractivity contribution in [1.82, 2.24) is 5.32 Å². The number of amides is 1. The largest absolute Gasteiger partial charge is 0.480 e. The molecule has 2 aromatic carbocycles. The number of rotatable bonds is 7. The standard InChI is InChI=1S/C25H34N2O2/c1-5-23(29-24-9-7-6-8-19(24)3)25(28)26-20(4)21-10-12-22(13-11-21)27-16-14-18(2)15-17-27/h6-13,18,20,23H,5,14-17H2,1-4H3,(H,26,28)/t20-,23+/m0/s1. The molecule has 1 N–H and O–H groups in total. The first-order valence-corrected chi connectivity index (χ1v) is 10.9. The number of carbonyl (C=O) groups is 1. The van der Waals surface area contributed by atoms with Crippen molar-refractivity contribution in [2.45, 2.75) is 59.1 Å². The molecule has 2 atom stereocenters. The molecule has 1 saturated heterocycles. The van der Waals surface area contributed by atoms with Gasteiger partial charge in [-0.25, -0.2) is 0 Å². The van der Waals surface area contributed by atoms with E-state index < -0.39 is 6.10 Å². The predicted octanol–water partition coefficient (Wildman–Crippen LogP) is 5.27. The van der Waals surface area contributed by atoms with Crippen LogP contribution in [-0.4, -0.2) is 25.1 Å². The molecule has 29 heavy (non-hydrogen) atoms. The van der Waals surface area contributed by atoms with E-state index in [-0.39, 0.29) is 11.9 Å². The van der Waals surface area contributed by atoms with Crippen LogP contribution in [0.1, 0.15) is 57.2 Å². The summed E-state index contributed by atoms with van der Waals surface area (Å²) in [6.07, 6.45) is 2.65. The van der Waals surface area contributed by atoms with Gasteiger partial charge in [0.25, 0.3) is 5.91 Å². The Morgan fingerprint density at radius 1 is 1.14 bits per heavy atom. The van der Waals surface area contributed by atoms with Crippen molar-refractivity contribution in [2.24, 2.45) is 5.92 Å². The highest BCUT2D eigenvalue weighted by molar-refractivity contribution is 5.81. The molecule has 4 heteroatoms. The fourth-order valence-electron chi connectivity index (χ4n) is 3.79. The molecule has 1 aliphatic heterocycles. The van der Waals surface area contributed by atoms with Crippen LogP contribution >= 0.6 is 0 Å². The highest BCUT2D eigenvalue weighted by atomic mass is 16.5. The number of hydrogen-bond acceptors (Lipinski definition) is 3. The van der Waals surface area contributed by atoms with Crippen LogP contribution < -0.4 is 15.0 Å². The normalized spacial score (nSPS) is 16.9. The maximum absolute atomic E-state index is 12.8.